The third kappa shape index (κ3) is 4.87. The first-order valence-corrected chi connectivity index (χ1v) is 7.01. The summed E-state index contributed by atoms with van der Waals surface area (Å²) in [7, 11) is 0. The molecule has 1 aromatic rings. The predicted molar refractivity (Wildman–Crippen MR) is 81.5 cm³/mol. The number of carboxylic acid groups (broad SMARTS) is 1. The van der Waals surface area contributed by atoms with Crippen molar-refractivity contribution in [3.63, 3.8) is 0 Å². The van der Waals surface area contributed by atoms with E-state index in [9.17, 15) is 4.79 Å². The van der Waals surface area contributed by atoms with Crippen LogP contribution in [-0.4, -0.2) is 17.9 Å². The average molecular weight is 278 g/mol. The summed E-state index contributed by atoms with van der Waals surface area (Å²) in [5.41, 5.74) is 3.82. The Balaban J connectivity index is 3.08. The van der Waals surface area contributed by atoms with Crippen molar-refractivity contribution in [2.75, 3.05) is 6.61 Å². The van der Waals surface area contributed by atoms with E-state index in [0.29, 0.717) is 6.42 Å². The zero-order valence-electron chi connectivity index (χ0n) is 13.4. The Labute approximate surface area is 122 Å². The van der Waals surface area contributed by atoms with Gasteiger partial charge in [-0.2, -0.15) is 0 Å². The highest BCUT2D eigenvalue weighted by Gasteiger charge is 2.20. The Hall–Kier alpha value is -1.51. The molecule has 0 spiro atoms. The van der Waals surface area contributed by atoms with Gasteiger partial charge in [0.1, 0.15) is 0 Å². The van der Waals surface area contributed by atoms with Crippen LogP contribution in [-0.2, 0) is 22.0 Å². The standard InChI is InChI=1S/C17H26O3/c1-16(2,3)13-9-12(7-8-20-15(18)19)10-14(11-13)17(4,5)6/h9-11H,7-8H2,1-6H3,(H,18,19). The molecule has 0 amide bonds. The van der Waals surface area contributed by atoms with Crippen LogP contribution in [0.25, 0.3) is 0 Å². The molecular formula is C17H26O3. The molecule has 1 aromatic carbocycles. The fraction of sp³-hybridized carbons (Fsp3) is 0.588. The van der Waals surface area contributed by atoms with Gasteiger partial charge in [0, 0.05) is 6.42 Å². The van der Waals surface area contributed by atoms with Gasteiger partial charge in [-0.25, -0.2) is 4.79 Å². The van der Waals surface area contributed by atoms with Gasteiger partial charge in [0.2, 0.25) is 0 Å². The summed E-state index contributed by atoms with van der Waals surface area (Å²) in [6, 6.07) is 6.56. The maximum absolute atomic E-state index is 10.4. The fourth-order valence-corrected chi connectivity index (χ4v) is 1.96. The number of benzene rings is 1. The summed E-state index contributed by atoms with van der Waals surface area (Å²) < 4.78 is 4.61. The molecule has 0 aromatic heterocycles. The molecule has 0 bridgehead atoms. The van der Waals surface area contributed by atoms with E-state index < -0.39 is 6.16 Å². The highest BCUT2D eigenvalue weighted by molar-refractivity contribution is 5.56. The van der Waals surface area contributed by atoms with E-state index in [1.54, 1.807) is 0 Å². The molecule has 0 saturated heterocycles. The number of hydrogen-bond acceptors (Lipinski definition) is 2. The smallest absolute Gasteiger partial charge is 0.450 e. The number of ether oxygens (including phenoxy) is 1. The number of hydrogen-bond donors (Lipinski definition) is 1. The van der Waals surface area contributed by atoms with Gasteiger partial charge < -0.3 is 9.84 Å². The van der Waals surface area contributed by atoms with Gasteiger partial charge in [0.05, 0.1) is 6.61 Å². The molecule has 112 valence electrons. The topological polar surface area (TPSA) is 46.5 Å². The van der Waals surface area contributed by atoms with Crippen LogP contribution in [0.5, 0.6) is 0 Å². The fourth-order valence-electron chi connectivity index (χ4n) is 1.96. The molecule has 0 aliphatic carbocycles. The molecule has 0 fully saturated rings. The van der Waals surface area contributed by atoms with E-state index in [1.807, 2.05) is 0 Å². The third-order valence-electron chi connectivity index (χ3n) is 3.34. The molecule has 0 aliphatic rings. The van der Waals surface area contributed by atoms with E-state index in [2.05, 4.69) is 64.5 Å². The van der Waals surface area contributed by atoms with Crippen LogP contribution in [0.1, 0.15) is 58.2 Å². The van der Waals surface area contributed by atoms with Crippen LogP contribution in [0.3, 0.4) is 0 Å². The Kier molecular flexibility index (Phi) is 4.85. The SMILES string of the molecule is CC(C)(C)c1cc(CCOC(=O)O)cc(C(C)(C)C)c1. The van der Waals surface area contributed by atoms with Crippen molar-refractivity contribution in [2.45, 2.75) is 58.8 Å². The first kappa shape index (κ1) is 16.5. The van der Waals surface area contributed by atoms with Crippen LogP contribution in [0.4, 0.5) is 4.79 Å². The van der Waals surface area contributed by atoms with E-state index in [-0.39, 0.29) is 17.4 Å². The molecule has 0 radical (unpaired) electrons. The van der Waals surface area contributed by atoms with Gasteiger partial charge >= 0.3 is 6.16 Å². The van der Waals surface area contributed by atoms with Gasteiger partial charge in [0.25, 0.3) is 0 Å². The first-order valence-electron chi connectivity index (χ1n) is 7.01. The van der Waals surface area contributed by atoms with Crippen LogP contribution in [0, 0.1) is 0 Å². The van der Waals surface area contributed by atoms with Crippen molar-refractivity contribution in [3.05, 3.63) is 34.9 Å². The monoisotopic (exact) mass is 278 g/mol. The largest absolute Gasteiger partial charge is 0.505 e. The lowest BCUT2D eigenvalue weighted by Crippen LogP contribution is -2.17. The second-order valence-corrected chi connectivity index (χ2v) is 7.28. The van der Waals surface area contributed by atoms with Crippen molar-refractivity contribution in [1.29, 1.82) is 0 Å². The van der Waals surface area contributed by atoms with Gasteiger partial charge in [0.15, 0.2) is 0 Å². The Morgan fingerprint density at radius 1 is 1.00 bits per heavy atom. The Bertz CT molecular complexity index is 444. The zero-order chi connectivity index (χ0) is 15.6. The van der Waals surface area contributed by atoms with Crippen molar-refractivity contribution in [1.82, 2.24) is 0 Å². The molecule has 20 heavy (non-hydrogen) atoms. The van der Waals surface area contributed by atoms with Gasteiger partial charge in [-0.15, -0.1) is 0 Å². The van der Waals surface area contributed by atoms with E-state index >= 15 is 0 Å². The maximum atomic E-state index is 10.4. The molecule has 0 saturated carbocycles. The second kappa shape index (κ2) is 5.86. The molecule has 1 rings (SSSR count). The second-order valence-electron chi connectivity index (χ2n) is 7.28. The lowest BCUT2D eigenvalue weighted by molar-refractivity contribution is 0.0927. The lowest BCUT2D eigenvalue weighted by Gasteiger charge is -2.26. The van der Waals surface area contributed by atoms with Crippen molar-refractivity contribution >= 4 is 6.16 Å². The highest BCUT2D eigenvalue weighted by Crippen LogP contribution is 2.30. The first-order chi connectivity index (χ1) is 9.00. The minimum Gasteiger partial charge on any atom is -0.450 e. The van der Waals surface area contributed by atoms with Crippen LogP contribution >= 0.6 is 0 Å². The summed E-state index contributed by atoms with van der Waals surface area (Å²) in [4.78, 5) is 10.4. The predicted octanol–water partition coefficient (Wildman–Crippen LogP) is 4.52. The molecular weight excluding hydrogens is 252 g/mol. The van der Waals surface area contributed by atoms with E-state index in [0.717, 1.165) is 5.56 Å². The summed E-state index contributed by atoms with van der Waals surface area (Å²) >= 11 is 0. The summed E-state index contributed by atoms with van der Waals surface area (Å²) in [5.74, 6) is 0. The van der Waals surface area contributed by atoms with Gasteiger partial charge in [-0.05, 0) is 27.5 Å². The van der Waals surface area contributed by atoms with Crippen molar-refractivity contribution in [2.24, 2.45) is 0 Å². The molecule has 0 aliphatic heterocycles. The van der Waals surface area contributed by atoms with E-state index in [4.69, 9.17) is 5.11 Å². The van der Waals surface area contributed by atoms with Gasteiger partial charge in [-0.1, -0.05) is 59.7 Å². The maximum Gasteiger partial charge on any atom is 0.505 e. The summed E-state index contributed by atoms with van der Waals surface area (Å²) in [6.45, 7) is 13.3. The van der Waals surface area contributed by atoms with Crippen molar-refractivity contribution < 1.29 is 14.6 Å². The zero-order valence-corrected chi connectivity index (χ0v) is 13.4. The number of rotatable bonds is 3. The van der Waals surface area contributed by atoms with Crippen LogP contribution in [0.15, 0.2) is 18.2 Å². The lowest BCUT2D eigenvalue weighted by atomic mass is 9.79. The van der Waals surface area contributed by atoms with Crippen LogP contribution in [0.2, 0.25) is 0 Å². The normalized spacial score (nSPS) is 12.3. The summed E-state index contributed by atoms with van der Waals surface area (Å²) in [6.07, 6.45) is -0.604. The molecule has 3 nitrogen and oxygen atoms in total. The third-order valence-corrected chi connectivity index (χ3v) is 3.34. The molecule has 0 heterocycles. The molecule has 0 unspecified atom stereocenters. The van der Waals surface area contributed by atoms with Gasteiger partial charge in [-0.3, -0.25) is 0 Å². The van der Waals surface area contributed by atoms with E-state index in [1.165, 1.54) is 11.1 Å². The highest BCUT2D eigenvalue weighted by atomic mass is 16.7. The minimum atomic E-state index is -1.21. The molecule has 3 heteroatoms. The molecule has 1 N–H and O–H groups in total. The Morgan fingerprint density at radius 2 is 1.45 bits per heavy atom. The Morgan fingerprint density at radius 3 is 1.80 bits per heavy atom. The quantitative estimate of drug-likeness (QED) is 0.827. The molecule has 0 atom stereocenters. The number of carbonyl (C=O) groups is 1. The average Bonchev–Trinajstić information content (AvgIpc) is 2.25. The van der Waals surface area contributed by atoms with Crippen LogP contribution < -0.4 is 0 Å². The van der Waals surface area contributed by atoms with Crippen molar-refractivity contribution in [3.8, 4) is 0 Å². The summed E-state index contributed by atoms with van der Waals surface area (Å²) in [5, 5.41) is 8.54. The minimum absolute atomic E-state index is 0.0731.